The molecule has 2 aromatic heterocycles. The van der Waals surface area contributed by atoms with Crippen LogP contribution >= 0.6 is 11.3 Å². The van der Waals surface area contributed by atoms with Gasteiger partial charge in [-0.3, -0.25) is 4.79 Å². The van der Waals surface area contributed by atoms with E-state index >= 15 is 0 Å². The summed E-state index contributed by atoms with van der Waals surface area (Å²) in [5.41, 5.74) is 0.978. The van der Waals surface area contributed by atoms with Gasteiger partial charge in [-0.05, 0) is 49.8 Å². The third-order valence-electron chi connectivity index (χ3n) is 5.15. The highest BCUT2D eigenvalue weighted by Gasteiger charge is 2.31. The molecule has 6 nitrogen and oxygen atoms in total. The first-order valence-electron chi connectivity index (χ1n) is 9.66. The Labute approximate surface area is 171 Å². The van der Waals surface area contributed by atoms with Crippen molar-refractivity contribution in [1.82, 2.24) is 0 Å². The average Bonchev–Trinajstić information content (AvgIpc) is 3.07. The number of thiophene rings is 1. The predicted octanol–water partition coefficient (Wildman–Crippen LogP) is 4.72. The molecule has 2 heterocycles. The second-order valence-electron chi connectivity index (χ2n) is 7.10. The summed E-state index contributed by atoms with van der Waals surface area (Å²) in [7, 11) is 0. The van der Waals surface area contributed by atoms with Crippen LogP contribution in [-0.4, -0.2) is 18.5 Å². The highest BCUT2D eigenvalue weighted by atomic mass is 32.1. The van der Waals surface area contributed by atoms with Gasteiger partial charge in [-0.15, -0.1) is 11.3 Å². The summed E-state index contributed by atoms with van der Waals surface area (Å²) in [6, 6.07) is 8.51. The van der Waals surface area contributed by atoms with Crippen LogP contribution in [0.1, 0.15) is 63.8 Å². The summed E-state index contributed by atoms with van der Waals surface area (Å²) in [5, 5.41) is 3.85. The van der Waals surface area contributed by atoms with E-state index in [9.17, 15) is 14.4 Å². The molecule has 0 aliphatic heterocycles. The molecule has 0 saturated heterocycles. The SMILES string of the molecule is CCOC(=O)c1c(NC(=O)c2cc3ccccc3oc2=O)sc2c1C(C)CCC2. The Kier molecular flexibility index (Phi) is 5.24. The number of rotatable bonds is 4. The molecule has 1 atom stereocenters. The van der Waals surface area contributed by atoms with Gasteiger partial charge in [-0.1, -0.05) is 25.1 Å². The van der Waals surface area contributed by atoms with E-state index in [4.69, 9.17) is 9.15 Å². The van der Waals surface area contributed by atoms with Crippen LogP contribution in [0, 0.1) is 0 Å². The van der Waals surface area contributed by atoms with Gasteiger partial charge in [0.05, 0.1) is 12.2 Å². The number of anilines is 1. The minimum atomic E-state index is -0.714. The minimum absolute atomic E-state index is 0.0991. The van der Waals surface area contributed by atoms with E-state index in [1.165, 1.54) is 17.4 Å². The number of nitrogens with one attached hydrogen (secondary N) is 1. The number of para-hydroxylation sites is 1. The van der Waals surface area contributed by atoms with Gasteiger partial charge in [0.1, 0.15) is 16.1 Å². The number of aryl methyl sites for hydroxylation is 1. The zero-order chi connectivity index (χ0) is 20.5. The van der Waals surface area contributed by atoms with Crippen molar-refractivity contribution in [3.63, 3.8) is 0 Å². The fourth-order valence-corrected chi connectivity index (χ4v) is 5.14. The molecule has 0 fully saturated rings. The molecule has 150 valence electrons. The topological polar surface area (TPSA) is 85.6 Å². The van der Waals surface area contributed by atoms with E-state index in [1.54, 1.807) is 31.2 Å². The van der Waals surface area contributed by atoms with Crippen LogP contribution in [0.3, 0.4) is 0 Å². The summed E-state index contributed by atoms with van der Waals surface area (Å²) in [4.78, 5) is 39.0. The van der Waals surface area contributed by atoms with Crippen LogP contribution in [0.15, 0.2) is 39.5 Å². The average molecular weight is 411 g/mol. The number of benzene rings is 1. The molecule has 1 N–H and O–H groups in total. The summed E-state index contributed by atoms with van der Waals surface area (Å²) in [6.45, 7) is 4.08. The van der Waals surface area contributed by atoms with Crippen molar-refractivity contribution in [2.24, 2.45) is 0 Å². The van der Waals surface area contributed by atoms with E-state index in [0.717, 1.165) is 29.7 Å². The largest absolute Gasteiger partial charge is 0.462 e. The fraction of sp³-hybridized carbons (Fsp3) is 0.318. The van der Waals surface area contributed by atoms with E-state index < -0.39 is 17.5 Å². The van der Waals surface area contributed by atoms with Gasteiger partial charge >= 0.3 is 11.6 Å². The molecule has 1 amide bonds. The monoisotopic (exact) mass is 411 g/mol. The van der Waals surface area contributed by atoms with Gasteiger partial charge in [-0.2, -0.15) is 0 Å². The molecule has 0 bridgehead atoms. The number of amides is 1. The van der Waals surface area contributed by atoms with Crippen molar-refractivity contribution in [2.45, 2.75) is 39.0 Å². The second kappa shape index (κ2) is 7.83. The molecule has 1 aliphatic rings. The Morgan fingerprint density at radius 2 is 2.10 bits per heavy atom. The maximum absolute atomic E-state index is 12.9. The molecule has 1 aromatic carbocycles. The van der Waals surface area contributed by atoms with Gasteiger partial charge in [0.2, 0.25) is 0 Å². The molecule has 0 radical (unpaired) electrons. The number of carbonyl (C=O) groups is 2. The Bertz CT molecular complexity index is 1160. The summed E-state index contributed by atoms with van der Waals surface area (Å²) < 4.78 is 10.5. The lowest BCUT2D eigenvalue weighted by Crippen LogP contribution is -2.21. The first-order valence-corrected chi connectivity index (χ1v) is 10.5. The lowest BCUT2D eigenvalue weighted by atomic mass is 9.86. The van der Waals surface area contributed by atoms with Crippen LogP contribution < -0.4 is 10.9 Å². The highest BCUT2D eigenvalue weighted by Crippen LogP contribution is 2.43. The molecule has 0 spiro atoms. The van der Waals surface area contributed by atoms with E-state index in [2.05, 4.69) is 12.2 Å². The predicted molar refractivity (Wildman–Crippen MR) is 112 cm³/mol. The Morgan fingerprint density at radius 3 is 2.90 bits per heavy atom. The van der Waals surface area contributed by atoms with Crippen molar-refractivity contribution in [3.05, 3.63) is 62.3 Å². The quantitative estimate of drug-likeness (QED) is 0.496. The Balaban J connectivity index is 1.74. The summed E-state index contributed by atoms with van der Waals surface area (Å²) in [5.74, 6) is -0.827. The van der Waals surface area contributed by atoms with Crippen molar-refractivity contribution >= 4 is 39.2 Å². The number of hydrogen-bond acceptors (Lipinski definition) is 6. The second-order valence-corrected chi connectivity index (χ2v) is 8.20. The smallest absolute Gasteiger partial charge is 0.349 e. The number of fused-ring (bicyclic) bond motifs is 2. The Hall–Kier alpha value is -2.93. The third kappa shape index (κ3) is 3.58. The molecule has 3 aromatic rings. The highest BCUT2D eigenvalue weighted by molar-refractivity contribution is 7.17. The van der Waals surface area contributed by atoms with Crippen molar-refractivity contribution in [3.8, 4) is 0 Å². The van der Waals surface area contributed by atoms with Crippen molar-refractivity contribution in [2.75, 3.05) is 11.9 Å². The Morgan fingerprint density at radius 1 is 1.31 bits per heavy atom. The first kappa shape index (κ1) is 19.4. The normalized spacial score (nSPS) is 15.7. The summed E-state index contributed by atoms with van der Waals surface area (Å²) in [6.07, 6.45) is 2.89. The van der Waals surface area contributed by atoms with Crippen LogP contribution in [0.2, 0.25) is 0 Å². The number of ether oxygens (including phenoxy) is 1. The first-order chi connectivity index (χ1) is 14.0. The molecular weight excluding hydrogens is 390 g/mol. The zero-order valence-corrected chi connectivity index (χ0v) is 17.1. The van der Waals surface area contributed by atoms with Crippen molar-refractivity contribution < 1.29 is 18.7 Å². The van der Waals surface area contributed by atoms with Gasteiger partial charge in [-0.25, -0.2) is 9.59 Å². The van der Waals surface area contributed by atoms with Crippen molar-refractivity contribution in [1.29, 1.82) is 0 Å². The van der Waals surface area contributed by atoms with Crippen LogP contribution in [0.25, 0.3) is 11.0 Å². The van der Waals surface area contributed by atoms with Crippen LogP contribution in [0.5, 0.6) is 0 Å². The van der Waals surface area contributed by atoms with Crippen LogP contribution in [0.4, 0.5) is 5.00 Å². The third-order valence-corrected chi connectivity index (χ3v) is 6.33. The number of esters is 1. The maximum atomic E-state index is 12.9. The summed E-state index contributed by atoms with van der Waals surface area (Å²) >= 11 is 1.39. The fourth-order valence-electron chi connectivity index (χ4n) is 3.80. The molecule has 1 unspecified atom stereocenters. The zero-order valence-electron chi connectivity index (χ0n) is 16.2. The van der Waals surface area contributed by atoms with E-state index in [-0.39, 0.29) is 18.1 Å². The van der Waals surface area contributed by atoms with Gasteiger partial charge in [0.25, 0.3) is 5.91 Å². The maximum Gasteiger partial charge on any atom is 0.349 e. The molecule has 4 rings (SSSR count). The molecule has 29 heavy (non-hydrogen) atoms. The van der Waals surface area contributed by atoms with E-state index in [1.807, 2.05) is 0 Å². The molecular formula is C22H21NO5S. The molecule has 7 heteroatoms. The number of hydrogen-bond donors (Lipinski definition) is 1. The van der Waals surface area contributed by atoms with Gasteiger partial charge in [0.15, 0.2) is 0 Å². The van der Waals surface area contributed by atoms with Gasteiger partial charge < -0.3 is 14.5 Å². The van der Waals surface area contributed by atoms with Crippen LogP contribution in [-0.2, 0) is 11.2 Å². The molecule has 1 aliphatic carbocycles. The molecule has 0 saturated carbocycles. The minimum Gasteiger partial charge on any atom is -0.462 e. The standard InChI is InChI=1S/C22H21NO5S/c1-3-27-22(26)18-17-12(2)7-6-10-16(17)29-20(18)23-19(24)14-11-13-8-4-5-9-15(13)28-21(14)25/h4-5,8-9,11-12H,3,6-7,10H2,1-2H3,(H,23,24). The van der Waals surface area contributed by atoms with E-state index in [0.29, 0.717) is 21.5 Å². The lowest BCUT2D eigenvalue weighted by Gasteiger charge is -2.19. The van der Waals surface area contributed by atoms with Gasteiger partial charge in [0, 0.05) is 10.3 Å². The number of carbonyl (C=O) groups excluding carboxylic acids is 2. The lowest BCUT2D eigenvalue weighted by molar-refractivity contribution is 0.0526.